The Morgan fingerprint density at radius 2 is 1.93 bits per heavy atom. The zero-order chi connectivity index (χ0) is 21.4. The highest BCUT2D eigenvalue weighted by molar-refractivity contribution is 7.99. The van der Waals surface area contributed by atoms with Crippen molar-refractivity contribution >= 4 is 39.2 Å². The highest BCUT2D eigenvalue weighted by atomic mass is 32.2. The Bertz CT molecular complexity index is 1140. The van der Waals surface area contributed by atoms with Gasteiger partial charge in [-0.25, -0.2) is 4.98 Å². The third kappa shape index (κ3) is 4.05. The minimum Gasteiger partial charge on any atom is -0.341 e. The number of thioether (sulfide) groups is 1. The van der Waals surface area contributed by atoms with E-state index in [2.05, 4.69) is 13.8 Å². The molecule has 1 fully saturated rings. The van der Waals surface area contributed by atoms with Crippen LogP contribution < -0.4 is 5.56 Å². The molecule has 1 aliphatic heterocycles. The van der Waals surface area contributed by atoms with Gasteiger partial charge in [-0.15, -0.1) is 11.3 Å². The van der Waals surface area contributed by atoms with Gasteiger partial charge in [0.2, 0.25) is 5.91 Å². The van der Waals surface area contributed by atoms with Crippen LogP contribution in [0.15, 0.2) is 39.6 Å². The van der Waals surface area contributed by atoms with Crippen molar-refractivity contribution in [2.24, 2.45) is 11.8 Å². The number of rotatable bonds is 4. The summed E-state index contributed by atoms with van der Waals surface area (Å²) in [6.45, 7) is 10.1. The molecule has 0 radical (unpaired) electrons. The molecule has 2 atom stereocenters. The maximum absolute atomic E-state index is 13.3. The third-order valence-corrected chi connectivity index (χ3v) is 7.63. The Labute approximate surface area is 185 Å². The summed E-state index contributed by atoms with van der Waals surface area (Å²) in [4.78, 5) is 33.0. The van der Waals surface area contributed by atoms with Crippen molar-refractivity contribution in [1.82, 2.24) is 14.5 Å². The van der Waals surface area contributed by atoms with Crippen molar-refractivity contribution < 1.29 is 4.79 Å². The number of amides is 1. The molecule has 0 saturated carbocycles. The Morgan fingerprint density at radius 1 is 1.20 bits per heavy atom. The first kappa shape index (κ1) is 21.1. The van der Waals surface area contributed by atoms with Gasteiger partial charge in [0.1, 0.15) is 4.70 Å². The normalized spacial score (nSPS) is 19.4. The van der Waals surface area contributed by atoms with Crippen LogP contribution in [0.2, 0.25) is 0 Å². The molecule has 4 rings (SSSR count). The Morgan fingerprint density at radius 3 is 2.67 bits per heavy atom. The molecular formula is C23H27N3O2S2. The number of piperidine rings is 1. The summed E-state index contributed by atoms with van der Waals surface area (Å²) in [5, 5.41) is 2.47. The van der Waals surface area contributed by atoms with Crippen LogP contribution in [-0.4, -0.2) is 39.2 Å². The van der Waals surface area contributed by atoms with Crippen LogP contribution in [0.3, 0.4) is 0 Å². The highest BCUT2D eigenvalue weighted by Crippen LogP contribution is 2.27. The number of carbonyl (C=O) groups is 1. The van der Waals surface area contributed by atoms with Crippen molar-refractivity contribution in [3.63, 3.8) is 0 Å². The Balaban J connectivity index is 1.69. The highest BCUT2D eigenvalue weighted by Gasteiger charge is 2.26. The number of hydrogen-bond acceptors (Lipinski definition) is 5. The minimum absolute atomic E-state index is 0.0705. The molecule has 3 aromatic rings. The summed E-state index contributed by atoms with van der Waals surface area (Å²) in [6.07, 6.45) is 1.17. The average molecular weight is 442 g/mol. The van der Waals surface area contributed by atoms with Crippen LogP contribution in [0.25, 0.3) is 15.9 Å². The minimum atomic E-state index is -0.0705. The van der Waals surface area contributed by atoms with Gasteiger partial charge in [-0.3, -0.25) is 14.2 Å². The van der Waals surface area contributed by atoms with Crippen LogP contribution in [0.5, 0.6) is 0 Å². The first-order valence-electron chi connectivity index (χ1n) is 10.3. The van der Waals surface area contributed by atoms with Gasteiger partial charge in [-0.2, -0.15) is 0 Å². The first-order valence-corrected chi connectivity index (χ1v) is 12.2. The van der Waals surface area contributed by atoms with Crippen molar-refractivity contribution in [3.8, 4) is 5.69 Å². The standard InChI is InChI=1S/C23H27N3O2S2/c1-14-10-15(2)12-25(11-14)20(27)13-30-23-24-18-8-9-29-21(18)22(28)26(23)19-7-5-6-16(3)17(19)4/h5-9,14-15H,10-13H2,1-4H3. The predicted octanol–water partition coefficient (Wildman–Crippen LogP) is 4.66. The molecule has 7 heteroatoms. The van der Waals surface area contributed by atoms with E-state index in [1.165, 1.54) is 29.5 Å². The number of aryl methyl sites for hydroxylation is 1. The third-order valence-electron chi connectivity index (χ3n) is 5.81. The number of aromatic nitrogens is 2. The molecule has 1 amide bonds. The number of likely N-dealkylation sites (tertiary alicyclic amines) is 1. The van der Waals surface area contributed by atoms with E-state index in [-0.39, 0.29) is 17.2 Å². The maximum Gasteiger partial charge on any atom is 0.276 e. The number of fused-ring (bicyclic) bond motifs is 1. The molecule has 30 heavy (non-hydrogen) atoms. The van der Waals surface area contributed by atoms with Crippen molar-refractivity contribution in [3.05, 3.63) is 51.1 Å². The van der Waals surface area contributed by atoms with E-state index in [0.717, 1.165) is 29.9 Å². The van der Waals surface area contributed by atoms with E-state index in [1.54, 1.807) is 4.57 Å². The number of nitrogens with zero attached hydrogens (tertiary/aromatic N) is 3. The van der Waals surface area contributed by atoms with Gasteiger partial charge in [-0.05, 0) is 60.7 Å². The number of benzene rings is 1. The second-order valence-electron chi connectivity index (χ2n) is 8.42. The van der Waals surface area contributed by atoms with Gasteiger partial charge in [0.25, 0.3) is 5.56 Å². The van der Waals surface area contributed by atoms with Crippen LogP contribution in [0.4, 0.5) is 0 Å². The molecule has 0 spiro atoms. The zero-order valence-electron chi connectivity index (χ0n) is 17.8. The van der Waals surface area contributed by atoms with Crippen LogP contribution >= 0.6 is 23.1 Å². The van der Waals surface area contributed by atoms with Gasteiger partial charge in [0, 0.05) is 13.1 Å². The van der Waals surface area contributed by atoms with Crippen molar-refractivity contribution in [1.29, 1.82) is 0 Å². The summed E-state index contributed by atoms with van der Waals surface area (Å²) in [7, 11) is 0. The SMILES string of the molecule is Cc1cccc(-n2c(SCC(=O)N3CC(C)CC(C)C3)nc3ccsc3c2=O)c1C. The lowest BCUT2D eigenvalue weighted by Gasteiger charge is -2.35. The number of hydrogen-bond donors (Lipinski definition) is 0. The van der Waals surface area contributed by atoms with Crippen molar-refractivity contribution in [2.45, 2.75) is 39.3 Å². The molecule has 1 aliphatic rings. The largest absolute Gasteiger partial charge is 0.341 e. The second-order valence-corrected chi connectivity index (χ2v) is 10.3. The zero-order valence-corrected chi connectivity index (χ0v) is 19.5. The molecule has 1 aromatic carbocycles. The van der Waals surface area contributed by atoms with Crippen LogP contribution in [-0.2, 0) is 4.79 Å². The summed E-state index contributed by atoms with van der Waals surface area (Å²) in [5.41, 5.74) is 3.62. The van der Waals surface area contributed by atoms with Gasteiger partial charge >= 0.3 is 0 Å². The molecule has 158 valence electrons. The summed E-state index contributed by atoms with van der Waals surface area (Å²) in [6, 6.07) is 7.81. The lowest BCUT2D eigenvalue weighted by Crippen LogP contribution is -2.43. The van der Waals surface area contributed by atoms with E-state index in [0.29, 0.717) is 27.2 Å². The summed E-state index contributed by atoms with van der Waals surface area (Å²) < 4.78 is 2.32. The second kappa shape index (κ2) is 8.55. The molecule has 0 N–H and O–H groups in total. The molecule has 5 nitrogen and oxygen atoms in total. The van der Waals surface area contributed by atoms with E-state index < -0.39 is 0 Å². The lowest BCUT2D eigenvalue weighted by molar-refractivity contribution is -0.130. The van der Waals surface area contributed by atoms with Gasteiger partial charge in [-0.1, -0.05) is 37.7 Å². The molecule has 0 bridgehead atoms. The van der Waals surface area contributed by atoms with Gasteiger partial charge in [0.05, 0.1) is 17.0 Å². The molecule has 2 aromatic heterocycles. The molecule has 0 aliphatic carbocycles. The first-order chi connectivity index (χ1) is 14.3. The smallest absolute Gasteiger partial charge is 0.276 e. The van der Waals surface area contributed by atoms with E-state index in [1.807, 2.05) is 48.4 Å². The molecule has 1 saturated heterocycles. The fourth-order valence-electron chi connectivity index (χ4n) is 4.26. The fourth-order valence-corrected chi connectivity index (χ4v) is 5.93. The predicted molar refractivity (Wildman–Crippen MR) is 125 cm³/mol. The van der Waals surface area contributed by atoms with Crippen LogP contribution in [0, 0.1) is 25.7 Å². The average Bonchev–Trinajstić information content (AvgIpc) is 3.17. The summed E-state index contributed by atoms with van der Waals surface area (Å²) in [5.74, 6) is 1.45. The molecule has 3 heterocycles. The quantitative estimate of drug-likeness (QED) is 0.436. The molecule has 2 unspecified atom stereocenters. The van der Waals surface area contributed by atoms with E-state index >= 15 is 0 Å². The van der Waals surface area contributed by atoms with E-state index in [4.69, 9.17) is 4.98 Å². The Hall–Kier alpha value is -2.12. The van der Waals surface area contributed by atoms with Gasteiger partial charge in [0.15, 0.2) is 5.16 Å². The Kier molecular flexibility index (Phi) is 6.02. The molecular weight excluding hydrogens is 414 g/mol. The number of thiophene rings is 1. The van der Waals surface area contributed by atoms with Gasteiger partial charge < -0.3 is 4.90 Å². The number of carbonyl (C=O) groups excluding carboxylic acids is 1. The van der Waals surface area contributed by atoms with Crippen LogP contribution in [0.1, 0.15) is 31.4 Å². The van der Waals surface area contributed by atoms with Crippen molar-refractivity contribution in [2.75, 3.05) is 18.8 Å². The maximum atomic E-state index is 13.3. The topological polar surface area (TPSA) is 55.2 Å². The van der Waals surface area contributed by atoms with E-state index in [9.17, 15) is 9.59 Å². The lowest BCUT2D eigenvalue weighted by atomic mass is 9.92. The summed E-state index contributed by atoms with van der Waals surface area (Å²) >= 11 is 2.77. The monoisotopic (exact) mass is 441 g/mol. The fraction of sp³-hybridized carbons (Fsp3) is 0.435.